The number of carbonyl (C=O) groups excluding carboxylic acids is 2. The molecule has 3 aromatic carbocycles. The summed E-state index contributed by atoms with van der Waals surface area (Å²) >= 11 is 6.57. The molecule has 2 fully saturated rings. The molecule has 2 N–H and O–H groups in total. The molecule has 3 aromatic rings. The summed E-state index contributed by atoms with van der Waals surface area (Å²) in [6.07, 6.45) is 1.57. The van der Waals surface area contributed by atoms with Crippen LogP contribution in [0.25, 0.3) is 17.2 Å². The smallest absolute Gasteiger partial charge is 0.335 e. The van der Waals surface area contributed by atoms with Crippen molar-refractivity contribution in [2.24, 2.45) is 0 Å². The standard InChI is InChI=1S/C34H34F2N4O6S2/c1-38-11-13-39(14-12-38)15-16-46-28-8-5-21(22-3-6-25(35)26(36)18-22)17-24(28)20-30-32(42)40(34(47)48-30)10-9-31(41)37-27-7-4-23(33(43)44)19-29(27)45-2/h3-8,17-20H,9-16H2,1-2H3,(H,37,41)(H,43,44)/b30-20-. The van der Waals surface area contributed by atoms with E-state index >= 15 is 0 Å². The van der Waals surface area contributed by atoms with Crippen molar-refractivity contribution in [3.05, 3.63) is 82.3 Å². The zero-order chi connectivity index (χ0) is 34.4. The van der Waals surface area contributed by atoms with Gasteiger partial charge >= 0.3 is 5.97 Å². The lowest BCUT2D eigenvalue weighted by molar-refractivity contribution is -0.122. The average Bonchev–Trinajstić information content (AvgIpc) is 3.33. The highest BCUT2D eigenvalue weighted by molar-refractivity contribution is 8.26. The van der Waals surface area contributed by atoms with Crippen molar-refractivity contribution in [3.63, 3.8) is 0 Å². The maximum atomic E-state index is 14.1. The van der Waals surface area contributed by atoms with Gasteiger partial charge in [0.2, 0.25) is 5.91 Å². The molecule has 10 nitrogen and oxygen atoms in total. The van der Waals surface area contributed by atoms with Crippen molar-refractivity contribution >= 4 is 57.8 Å². The van der Waals surface area contributed by atoms with Crippen molar-refractivity contribution in [3.8, 4) is 22.6 Å². The largest absolute Gasteiger partial charge is 0.495 e. The summed E-state index contributed by atoms with van der Waals surface area (Å²) in [5, 5.41) is 11.9. The average molecular weight is 697 g/mol. The van der Waals surface area contributed by atoms with Gasteiger partial charge in [0.05, 0.1) is 23.3 Å². The number of aromatic carboxylic acids is 1. The number of rotatable bonds is 12. The monoisotopic (exact) mass is 696 g/mol. The molecule has 2 amide bonds. The molecule has 0 radical (unpaired) electrons. The van der Waals surface area contributed by atoms with Crippen LogP contribution in [-0.2, 0) is 9.59 Å². The Morgan fingerprint density at radius 2 is 1.71 bits per heavy atom. The fraction of sp³-hybridized carbons (Fsp3) is 0.294. The summed E-state index contributed by atoms with van der Waals surface area (Å²) in [4.78, 5) is 43.8. The molecule has 252 valence electrons. The van der Waals surface area contributed by atoms with Gasteiger partial charge in [0.15, 0.2) is 11.6 Å². The number of amides is 2. The van der Waals surface area contributed by atoms with Crippen molar-refractivity contribution in [2.75, 3.05) is 65.3 Å². The number of carboxylic acid groups (broad SMARTS) is 1. The maximum absolute atomic E-state index is 14.1. The van der Waals surface area contributed by atoms with Crippen LogP contribution in [0.5, 0.6) is 11.5 Å². The van der Waals surface area contributed by atoms with Gasteiger partial charge < -0.3 is 24.8 Å². The van der Waals surface area contributed by atoms with Gasteiger partial charge in [0.25, 0.3) is 5.91 Å². The van der Waals surface area contributed by atoms with E-state index in [2.05, 4.69) is 22.2 Å². The van der Waals surface area contributed by atoms with Crippen molar-refractivity contribution in [1.29, 1.82) is 0 Å². The highest BCUT2D eigenvalue weighted by Crippen LogP contribution is 2.36. The number of piperazine rings is 1. The van der Waals surface area contributed by atoms with Crippen LogP contribution in [0.15, 0.2) is 59.5 Å². The normalized spacial score (nSPS) is 16.4. The van der Waals surface area contributed by atoms with Crippen LogP contribution in [0.3, 0.4) is 0 Å². The molecule has 14 heteroatoms. The number of hydrogen-bond acceptors (Lipinski definition) is 9. The third-order valence-corrected chi connectivity index (χ3v) is 9.35. The van der Waals surface area contributed by atoms with Crippen LogP contribution >= 0.6 is 24.0 Å². The zero-order valence-corrected chi connectivity index (χ0v) is 28.0. The molecule has 0 aliphatic carbocycles. The number of methoxy groups -OCH3 is 1. The first-order valence-electron chi connectivity index (χ1n) is 15.1. The summed E-state index contributed by atoms with van der Waals surface area (Å²) < 4.78 is 39.4. The lowest BCUT2D eigenvalue weighted by Gasteiger charge is -2.32. The van der Waals surface area contributed by atoms with Crippen LogP contribution in [0.4, 0.5) is 14.5 Å². The number of nitrogens with one attached hydrogen (secondary N) is 1. The molecule has 2 heterocycles. The molecular formula is C34H34F2N4O6S2. The van der Waals surface area contributed by atoms with E-state index in [1.54, 1.807) is 24.3 Å². The second-order valence-corrected chi connectivity index (χ2v) is 12.9. The summed E-state index contributed by atoms with van der Waals surface area (Å²) in [5.41, 5.74) is 1.92. The minimum Gasteiger partial charge on any atom is -0.495 e. The molecule has 0 bridgehead atoms. The molecule has 0 spiro atoms. The Balaban J connectivity index is 1.30. The Kier molecular flexibility index (Phi) is 11.4. The number of ether oxygens (including phenoxy) is 2. The van der Waals surface area contributed by atoms with E-state index in [9.17, 15) is 28.3 Å². The third kappa shape index (κ3) is 8.55. The van der Waals surface area contributed by atoms with Gasteiger partial charge in [-0.15, -0.1) is 0 Å². The van der Waals surface area contributed by atoms with Crippen molar-refractivity contribution in [1.82, 2.24) is 14.7 Å². The van der Waals surface area contributed by atoms with Crippen LogP contribution in [0.2, 0.25) is 0 Å². The topological polar surface area (TPSA) is 112 Å². The molecule has 5 rings (SSSR count). The second kappa shape index (κ2) is 15.7. The van der Waals surface area contributed by atoms with Gasteiger partial charge in [-0.1, -0.05) is 36.1 Å². The van der Waals surface area contributed by atoms with E-state index < -0.39 is 23.5 Å². The number of thioether (sulfide) groups is 1. The molecule has 2 aliphatic rings. The van der Waals surface area contributed by atoms with E-state index in [1.807, 2.05) is 0 Å². The van der Waals surface area contributed by atoms with Gasteiger partial charge in [0, 0.05) is 51.3 Å². The van der Waals surface area contributed by atoms with Crippen molar-refractivity contribution in [2.45, 2.75) is 6.42 Å². The fourth-order valence-electron chi connectivity index (χ4n) is 5.19. The van der Waals surface area contributed by atoms with Crippen LogP contribution in [0.1, 0.15) is 22.3 Å². The Morgan fingerprint density at radius 3 is 2.42 bits per heavy atom. The Labute approximate surface area is 286 Å². The fourth-order valence-corrected chi connectivity index (χ4v) is 6.49. The number of hydrogen-bond donors (Lipinski definition) is 2. The Bertz CT molecular complexity index is 1760. The van der Waals surface area contributed by atoms with Gasteiger partial charge in [-0.3, -0.25) is 19.4 Å². The van der Waals surface area contributed by atoms with Gasteiger partial charge in [0.1, 0.15) is 22.4 Å². The third-order valence-electron chi connectivity index (χ3n) is 7.97. The maximum Gasteiger partial charge on any atom is 0.335 e. The number of carbonyl (C=O) groups is 3. The first-order chi connectivity index (χ1) is 23.0. The molecule has 48 heavy (non-hydrogen) atoms. The highest BCUT2D eigenvalue weighted by atomic mass is 32.2. The highest BCUT2D eigenvalue weighted by Gasteiger charge is 2.32. The summed E-state index contributed by atoms with van der Waals surface area (Å²) in [6.45, 7) is 4.97. The van der Waals surface area contributed by atoms with E-state index in [-0.39, 0.29) is 34.5 Å². The van der Waals surface area contributed by atoms with E-state index in [0.29, 0.717) is 39.6 Å². The number of halogens is 2. The van der Waals surface area contributed by atoms with Gasteiger partial charge in [-0.05, 0) is 66.7 Å². The minimum atomic E-state index is -1.13. The Hall–Kier alpha value is -4.37. The summed E-state index contributed by atoms with van der Waals surface area (Å²) in [5.74, 6) is -3.16. The number of anilines is 1. The molecule has 0 atom stereocenters. The predicted octanol–water partition coefficient (Wildman–Crippen LogP) is 5.19. The van der Waals surface area contributed by atoms with Crippen molar-refractivity contribution < 1.29 is 37.7 Å². The number of likely N-dealkylation sites (N-methyl/N-ethyl adjacent to an activating group) is 1. The van der Waals surface area contributed by atoms with Crippen LogP contribution in [0, 0.1) is 11.6 Å². The predicted molar refractivity (Wildman–Crippen MR) is 184 cm³/mol. The molecule has 0 saturated carbocycles. The number of carboxylic acids is 1. The zero-order valence-electron chi connectivity index (χ0n) is 26.3. The van der Waals surface area contributed by atoms with Gasteiger partial charge in [-0.25, -0.2) is 13.6 Å². The van der Waals surface area contributed by atoms with Gasteiger partial charge in [-0.2, -0.15) is 0 Å². The number of benzene rings is 3. The summed E-state index contributed by atoms with van der Waals surface area (Å²) in [7, 11) is 3.45. The van der Waals surface area contributed by atoms with E-state index in [1.165, 1.54) is 36.3 Å². The van der Waals surface area contributed by atoms with Crippen LogP contribution in [-0.4, -0.2) is 102 Å². The first-order valence-corrected chi connectivity index (χ1v) is 16.3. The molecule has 0 unspecified atom stereocenters. The molecule has 2 saturated heterocycles. The molecular weight excluding hydrogens is 663 g/mol. The molecule has 0 aromatic heterocycles. The lowest BCUT2D eigenvalue weighted by Crippen LogP contribution is -2.45. The molecule has 2 aliphatic heterocycles. The number of nitrogens with zero attached hydrogens (tertiary/aromatic N) is 3. The number of thiocarbonyl (C=S) groups is 1. The van der Waals surface area contributed by atoms with Crippen LogP contribution < -0.4 is 14.8 Å². The first kappa shape index (κ1) is 35.0. The quantitative estimate of drug-likeness (QED) is 0.194. The second-order valence-electron chi connectivity index (χ2n) is 11.2. The summed E-state index contributed by atoms with van der Waals surface area (Å²) in [6, 6.07) is 13.0. The van der Waals surface area contributed by atoms with E-state index in [0.717, 1.165) is 56.6 Å². The Morgan fingerprint density at radius 1 is 0.979 bits per heavy atom. The van der Waals surface area contributed by atoms with E-state index in [4.69, 9.17) is 21.7 Å². The lowest BCUT2D eigenvalue weighted by atomic mass is 10.0. The minimum absolute atomic E-state index is 0.00659. The SMILES string of the molecule is COc1cc(C(=O)O)ccc1NC(=O)CCN1C(=O)/C(=C/c2cc(-c3ccc(F)c(F)c3)ccc2OCCN2CCN(C)CC2)SC1=S.